The van der Waals surface area contributed by atoms with E-state index in [1.807, 2.05) is 37.3 Å². The average molecular weight is 417 g/mol. The number of carbonyl (C=O) groups is 1. The van der Waals surface area contributed by atoms with Gasteiger partial charge in [0.15, 0.2) is 5.69 Å². The fraction of sp³-hybridized carbons (Fsp3) is 0.273. The maximum Gasteiger partial charge on any atom is 0.434 e. The van der Waals surface area contributed by atoms with Gasteiger partial charge in [-0.2, -0.15) is 18.3 Å². The first-order valence-corrected chi connectivity index (χ1v) is 9.43. The van der Waals surface area contributed by atoms with Crippen LogP contribution >= 0.6 is 0 Å². The van der Waals surface area contributed by atoms with Gasteiger partial charge in [-0.3, -0.25) is 4.79 Å². The van der Waals surface area contributed by atoms with E-state index in [2.05, 4.69) is 5.10 Å². The van der Waals surface area contributed by atoms with E-state index >= 15 is 0 Å². The summed E-state index contributed by atoms with van der Waals surface area (Å²) in [4.78, 5) is 14.0. The van der Waals surface area contributed by atoms with Crippen LogP contribution in [0.4, 0.5) is 13.2 Å². The number of aromatic nitrogens is 2. The van der Waals surface area contributed by atoms with E-state index in [1.165, 1.54) is 24.1 Å². The number of carbonyl (C=O) groups excluding carboxylic acids is 1. The van der Waals surface area contributed by atoms with E-state index in [-0.39, 0.29) is 12.2 Å². The Bertz CT molecular complexity index is 983. The second-order valence-corrected chi connectivity index (χ2v) is 6.89. The number of amides is 1. The lowest BCUT2D eigenvalue weighted by molar-refractivity contribution is -0.143. The summed E-state index contributed by atoms with van der Waals surface area (Å²) in [6.45, 7) is 2.43. The van der Waals surface area contributed by atoms with Crippen LogP contribution in [0.2, 0.25) is 0 Å². The molecule has 0 fully saturated rings. The topological polar surface area (TPSA) is 47.4 Å². The molecule has 0 aliphatic carbocycles. The first-order chi connectivity index (χ1) is 14.3. The molecule has 3 aromatic rings. The first kappa shape index (κ1) is 21.4. The molecule has 0 saturated carbocycles. The first-order valence-electron chi connectivity index (χ1n) is 9.43. The second kappa shape index (κ2) is 9.02. The van der Waals surface area contributed by atoms with Crippen LogP contribution < -0.4 is 4.74 Å². The molecule has 0 unspecified atom stereocenters. The Kier molecular flexibility index (Phi) is 6.44. The van der Waals surface area contributed by atoms with E-state index in [0.717, 1.165) is 16.4 Å². The largest absolute Gasteiger partial charge is 0.494 e. The Morgan fingerprint density at radius 1 is 1.10 bits per heavy atom. The standard InChI is InChI=1S/C22H22F3N3O2/c1-16-9-11-17(12-10-16)28-20(22(23,24)25)19(15-26-28)21(29)27(2)13-6-14-30-18-7-4-3-5-8-18/h3-5,7-12,15H,6,13-14H2,1-2H3. The molecule has 3 rings (SSSR count). The lowest BCUT2D eigenvalue weighted by Gasteiger charge is -2.18. The molecule has 0 saturated heterocycles. The normalized spacial score (nSPS) is 11.4. The van der Waals surface area contributed by atoms with Gasteiger partial charge in [-0.05, 0) is 37.6 Å². The number of alkyl halides is 3. The van der Waals surface area contributed by atoms with E-state index in [0.29, 0.717) is 18.8 Å². The highest BCUT2D eigenvalue weighted by Gasteiger charge is 2.41. The molecule has 0 spiro atoms. The zero-order valence-electron chi connectivity index (χ0n) is 16.7. The minimum Gasteiger partial charge on any atom is -0.494 e. The monoisotopic (exact) mass is 417 g/mol. The van der Waals surface area contributed by atoms with Crippen molar-refractivity contribution in [3.63, 3.8) is 0 Å². The van der Waals surface area contributed by atoms with Crippen molar-refractivity contribution in [2.45, 2.75) is 19.5 Å². The third-order valence-electron chi connectivity index (χ3n) is 4.54. The second-order valence-electron chi connectivity index (χ2n) is 6.89. The van der Waals surface area contributed by atoms with Gasteiger partial charge in [0, 0.05) is 13.6 Å². The summed E-state index contributed by atoms with van der Waals surface area (Å²) in [6, 6.07) is 15.6. The van der Waals surface area contributed by atoms with Crippen LogP contribution in [0, 0.1) is 6.92 Å². The number of aryl methyl sites for hydroxylation is 1. The summed E-state index contributed by atoms with van der Waals surface area (Å²) in [5.41, 5.74) is -0.405. The molecule has 1 heterocycles. The van der Waals surface area contributed by atoms with Crippen LogP contribution in [-0.2, 0) is 6.18 Å². The molecule has 8 heteroatoms. The van der Waals surface area contributed by atoms with Crippen molar-refractivity contribution >= 4 is 5.91 Å². The number of para-hydroxylation sites is 1. The number of hydrogen-bond donors (Lipinski definition) is 0. The van der Waals surface area contributed by atoms with Gasteiger partial charge < -0.3 is 9.64 Å². The van der Waals surface area contributed by atoms with Crippen molar-refractivity contribution < 1.29 is 22.7 Å². The van der Waals surface area contributed by atoms with Crippen molar-refractivity contribution in [3.05, 3.63) is 77.6 Å². The highest BCUT2D eigenvalue weighted by molar-refractivity contribution is 5.95. The Morgan fingerprint density at radius 3 is 2.40 bits per heavy atom. The van der Waals surface area contributed by atoms with Gasteiger partial charge in [0.25, 0.3) is 5.91 Å². The van der Waals surface area contributed by atoms with Gasteiger partial charge in [-0.1, -0.05) is 35.9 Å². The number of hydrogen-bond acceptors (Lipinski definition) is 3. The number of benzene rings is 2. The molecule has 1 amide bonds. The molecule has 0 radical (unpaired) electrons. The molecule has 2 aromatic carbocycles. The minimum atomic E-state index is -4.73. The zero-order chi connectivity index (χ0) is 21.7. The molecule has 30 heavy (non-hydrogen) atoms. The van der Waals surface area contributed by atoms with Crippen molar-refractivity contribution in [1.82, 2.24) is 14.7 Å². The predicted molar refractivity (Wildman–Crippen MR) is 107 cm³/mol. The lowest BCUT2D eigenvalue weighted by atomic mass is 10.2. The van der Waals surface area contributed by atoms with Crippen LogP contribution in [0.3, 0.4) is 0 Å². The lowest BCUT2D eigenvalue weighted by Crippen LogP contribution is -2.30. The molecule has 158 valence electrons. The summed E-state index contributed by atoms with van der Waals surface area (Å²) in [7, 11) is 1.47. The van der Waals surface area contributed by atoms with Crippen LogP contribution in [0.15, 0.2) is 60.8 Å². The van der Waals surface area contributed by atoms with Crippen molar-refractivity contribution in [2.24, 2.45) is 0 Å². The van der Waals surface area contributed by atoms with Crippen LogP contribution in [-0.4, -0.2) is 40.8 Å². The Morgan fingerprint density at radius 2 is 1.77 bits per heavy atom. The van der Waals surface area contributed by atoms with E-state index in [4.69, 9.17) is 4.74 Å². The highest BCUT2D eigenvalue weighted by Crippen LogP contribution is 2.34. The minimum absolute atomic E-state index is 0.242. The average Bonchev–Trinajstić information content (AvgIpc) is 3.17. The molecule has 5 nitrogen and oxygen atoms in total. The van der Waals surface area contributed by atoms with E-state index in [1.54, 1.807) is 12.1 Å². The molecule has 0 bridgehead atoms. The zero-order valence-corrected chi connectivity index (χ0v) is 16.7. The van der Waals surface area contributed by atoms with E-state index in [9.17, 15) is 18.0 Å². The molecule has 0 aliphatic rings. The molecule has 0 aliphatic heterocycles. The fourth-order valence-electron chi connectivity index (χ4n) is 2.98. The molecule has 1 aromatic heterocycles. The molecular weight excluding hydrogens is 395 g/mol. The van der Waals surface area contributed by atoms with Gasteiger partial charge in [-0.25, -0.2) is 4.68 Å². The highest BCUT2D eigenvalue weighted by atomic mass is 19.4. The smallest absolute Gasteiger partial charge is 0.434 e. The van der Waals surface area contributed by atoms with Gasteiger partial charge in [0.1, 0.15) is 5.75 Å². The fourth-order valence-corrected chi connectivity index (χ4v) is 2.98. The van der Waals surface area contributed by atoms with Gasteiger partial charge in [-0.15, -0.1) is 0 Å². The summed E-state index contributed by atoms with van der Waals surface area (Å²) in [5.74, 6) is -0.0365. The number of halogens is 3. The van der Waals surface area contributed by atoms with Crippen LogP contribution in [0.25, 0.3) is 5.69 Å². The summed E-state index contributed by atoms with van der Waals surface area (Å²) < 4.78 is 47.6. The number of rotatable bonds is 7. The van der Waals surface area contributed by atoms with Crippen LogP contribution in [0.1, 0.15) is 28.0 Å². The Hall–Kier alpha value is -3.29. The van der Waals surface area contributed by atoms with Crippen molar-refractivity contribution in [2.75, 3.05) is 20.2 Å². The van der Waals surface area contributed by atoms with Gasteiger partial charge >= 0.3 is 6.18 Å². The molecular formula is C22H22F3N3O2. The maximum absolute atomic E-state index is 13.8. The molecule has 0 N–H and O–H groups in total. The Balaban J connectivity index is 1.72. The van der Waals surface area contributed by atoms with Gasteiger partial charge in [0.2, 0.25) is 0 Å². The Labute approximate surface area is 172 Å². The van der Waals surface area contributed by atoms with Crippen molar-refractivity contribution in [1.29, 1.82) is 0 Å². The summed E-state index contributed by atoms with van der Waals surface area (Å²) in [6.07, 6.45) is -3.28. The van der Waals surface area contributed by atoms with Crippen molar-refractivity contribution in [3.8, 4) is 11.4 Å². The summed E-state index contributed by atoms with van der Waals surface area (Å²) in [5, 5.41) is 3.85. The summed E-state index contributed by atoms with van der Waals surface area (Å²) >= 11 is 0. The molecule has 0 atom stereocenters. The van der Waals surface area contributed by atoms with Crippen LogP contribution in [0.5, 0.6) is 5.75 Å². The van der Waals surface area contributed by atoms with Gasteiger partial charge in [0.05, 0.1) is 24.1 Å². The SMILES string of the molecule is Cc1ccc(-n2ncc(C(=O)N(C)CCCOc3ccccc3)c2C(F)(F)F)cc1. The third kappa shape index (κ3) is 5.00. The van der Waals surface area contributed by atoms with E-state index < -0.39 is 23.3 Å². The third-order valence-corrected chi connectivity index (χ3v) is 4.54. The number of nitrogens with zero attached hydrogens (tertiary/aromatic N) is 3. The quantitative estimate of drug-likeness (QED) is 0.522. The predicted octanol–water partition coefficient (Wildman–Crippen LogP) is 4.74. The number of ether oxygens (including phenoxy) is 1. The maximum atomic E-state index is 13.8.